The van der Waals surface area contributed by atoms with Gasteiger partial charge in [-0.15, -0.1) is 0 Å². The van der Waals surface area contributed by atoms with Crippen LogP contribution in [0, 0.1) is 0 Å². The first-order valence-corrected chi connectivity index (χ1v) is 4.57. The lowest BCUT2D eigenvalue weighted by Gasteiger charge is -2.17. The number of hydrogen-bond donors (Lipinski definition) is 2. The first kappa shape index (κ1) is 14.3. The average molecular weight is 269 g/mol. The van der Waals surface area contributed by atoms with Gasteiger partial charge < -0.3 is 11.5 Å². The van der Waals surface area contributed by atoms with Crippen LogP contribution in [-0.2, 0) is 12.7 Å². The number of aromatic nitrogens is 1. The van der Waals surface area contributed by atoms with E-state index >= 15 is 0 Å². The van der Waals surface area contributed by atoms with E-state index in [1.54, 1.807) is 0 Å². The zero-order valence-electron chi connectivity index (χ0n) is 8.76. The van der Waals surface area contributed by atoms with Gasteiger partial charge in [-0.25, -0.2) is 8.78 Å². The summed E-state index contributed by atoms with van der Waals surface area (Å²) in [4.78, 5) is 14.3. The summed E-state index contributed by atoms with van der Waals surface area (Å²) < 4.78 is 63.2. The van der Waals surface area contributed by atoms with Crippen LogP contribution < -0.4 is 11.5 Å². The average Bonchev–Trinajstić information content (AvgIpc) is 2.25. The Kier molecular flexibility index (Phi) is 3.85. The second kappa shape index (κ2) is 4.84. The number of nitrogens with zero attached hydrogens (tertiary/aromatic N) is 1. The van der Waals surface area contributed by atoms with Crippen molar-refractivity contribution in [3.63, 3.8) is 0 Å². The summed E-state index contributed by atoms with van der Waals surface area (Å²) in [6.45, 7) is -0.523. The van der Waals surface area contributed by atoms with Crippen molar-refractivity contribution < 1.29 is 26.7 Å². The molecule has 1 aromatic rings. The van der Waals surface area contributed by atoms with Gasteiger partial charge in [-0.1, -0.05) is 0 Å². The Labute approximate surface area is 97.8 Å². The molecule has 1 heterocycles. The molecule has 0 saturated heterocycles. The Hall–Kier alpha value is -1.77. The Balaban J connectivity index is 3.71. The maximum Gasteiger partial charge on any atom is 0.417 e. The number of primary amides is 1. The third-order valence-electron chi connectivity index (χ3n) is 2.15. The molecule has 100 valence electrons. The Bertz CT molecular complexity index is 472. The molecule has 0 aliphatic heterocycles. The molecule has 1 amide bonds. The number of hydrogen-bond acceptors (Lipinski definition) is 3. The van der Waals surface area contributed by atoms with E-state index in [2.05, 4.69) is 4.98 Å². The molecule has 0 saturated carbocycles. The normalized spacial score (nSPS) is 11.9. The number of carbonyl (C=O) groups is 1. The van der Waals surface area contributed by atoms with E-state index < -0.39 is 47.4 Å². The zero-order valence-corrected chi connectivity index (χ0v) is 8.76. The third-order valence-corrected chi connectivity index (χ3v) is 2.15. The van der Waals surface area contributed by atoms with Crippen molar-refractivity contribution in [2.75, 3.05) is 0 Å². The molecule has 18 heavy (non-hydrogen) atoms. The number of alkyl halides is 5. The van der Waals surface area contributed by atoms with E-state index in [1.165, 1.54) is 0 Å². The molecule has 4 N–H and O–H groups in total. The monoisotopic (exact) mass is 269 g/mol. The first-order valence-electron chi connectivity index (χ1n) is 4.57. The number of amides is 1. The van der Waals surface area contributed by atoms with Crippen molar-refractivity contribution in [3.8, 4) is 0 Å². The molecule has 0 aromatic carbocycles. The molecule has 1 rings (SSSR count). The van der Waals surface area contributed by atoms with Crippen molar-refractivity contribution in [2.45, 2.75) is 19.1 Å². The number of carbonyl (C=O) groups excluding carboxylic acids is 1. The van der Waals surface area contributed by atoms with E-state index in [4.69, 9.17) is 11.5 Å². The van der Waals surface area contributed by atoms with E-state index in [0.717, 1.165) is 0 Å². The summed E-state index contributed by atoms with van der Waals surface area (Å²) in [7, 11) is 0. The van der Waals surface area contributed by atoms with Crippen molar-refractivity contribution in [1.29, 1.82) is 0 Å². The first-order chi connectivity index (χ1) is 8.20. The molecule has 0 atom stereocenters. The van der Waals surface area contributed by atoms with Gasteiger partial charge in [0.1, 0.15) is 0 Å². The van der Waals surface area contributed by atoms with Gasteiger partial charge in [0, 0.05) is 18.3 Å². The number of pyridine rings is 1. The van der Waals surface area contributed by atoms with Crippen molar-refractivity contribution >= 4 is 5.91 Å². The highest BCUT2D eigenvalue weighted by Crippen LogP contribution is 2.38. The Morgan fingerprint density at radius 3 is 2.28 bits per heavy atom. The lowest BCUT2D eigenvalue weighted by Crippen LogP contribution is -2.25. The summed E-state index contributed by atoms with van der Waals surface area (Å²) in [5, 5.41) is 0. The summed E-state index contributed by atoms with van der Waals surface area (Å²) in [6, 6.07) is 0. The number of halogens is 5. The fourth-order valence-corrected chi connectivity index (χ4v) is 1.46. The lowest BCUT2D eigenvalue weighted by molar-refractivity contribution is -0.140. The Morgan fingerprint density at radius 1 is 1.39 bits per heavy atom. The van der Waals surface area contributed by atoms with E-state index in [0.29, 0.717) is 6.20 Å². The zero-order chi connectivity index (χ0) is 14.1. The van der Waals surface area contributed by atoms with E-state index in [9.17, 15) is 26.7 Å². The molecule has 0 aliphatic rings. The van der Waals surface area contributed by atoms with Gasteiger partial charge >= 0.3 is 6.18 Å². The predicted octanol–water partition coefficient (Wildman–Crippen LogP) is 1.60. The quantitative estimate of drug-likeness (QED) is 0.817. The van der Waals surface area contributed by atoms with Gasteiger partial charge in [0.15, 0.2) is 0 Å². The molecular weight excluding hydrogens is 261 g/mol. The van der Waals surface area contributed by atoms with Crippen molar-refractivity contribution in [2.24, 2.45) is 11.5 Å². The molecule has 4 nitrogen and oxygen atoms in total. The molecule has 0 bridgehead atoms. The molecule has 0 fully saturated rings. The molecule has 0 spiro atoms. The Morgan fingerprint density at radius 2 is 1.94 bits per heavy atom. The third kappa shape index (κ3) is 2.55. The van der Waals surface area contributed by atoms with Crippen LogP contribution >= 0.6 is 0 Å². The van der Waals surface area contributed by atoms with Crippen LogP contribution in [0.2, 0.25) is 0 Å². The SMILES string of the molecule is NCc1ncc(C(F)F)c(C(F)(F)F)c1C(N)=O. The van der Waals surface area contributed by atoms with Crippen molar-refractivity contribution in [1.82, 2.24) is 4.98 Å². The van der Waals surface area contributed by atoms with Crippen LogP contribution in [-0.4, -0.2) is 10.9 Å². The van der Waals surface area contributed by atoms with E-state index in [1.807, 2.05) is 0 Å². The fourth-order valence-electron chi connectivity index (χ4n) is 1.46. The van der Waals surface area contributed by atoms with Crippen LogP contribution in [0.15, 0.2) is 6.20 Å². The molecule has 9 heteroatoms. The minimum Gasteiger partial charge on any atom is -0.366 e. The number of rotatable bonds is 3. The molecule has 0 radical (unpaired) electrons. The van der Waals surface area contributed by atoms with Crippen molar-refractivity contribution in [3.05, 3.63) is 28.6 Å². The standard InChI is InChI=1S/C9H8F5N3O/c10-7(11)3-2-17-4(1-15)5(8(16)18)6(3)9(12,13)14/h2,7H,1,15H2,(H2,16,18). The van der Waals surface area contributed by atoms with Gasteiger partial charge in [-0.2, -0.15) is 13.2 Å². The van der Waals surface area contributed by atoms with Gasteiger partial charge in [-0.3, -0.25) is 9.78 Å². The molecule has 0 unspecified atom stereocenters. The maximum absolute atomic E-state index is 12.7. The smallest absolute Gasteiger partial charge is 0.366 e. The summed E-state index contributed by atoms with van der Waals surface area (Å²) >= 11 is 0. The van der Waals surface area contributed by atoms with Crippen LogP contribution in [0.1, 0.15) is 33.6 Å². The summed E-state index contributed by atoms with van der Waals surface area (Å²) in [6.07, 6.45) is -8.23. The molecular formula is C9H8F5N3O. The van der Waals surface area contributed by atoms with E-state index in [-0.39, 0.29) is 0 Å². The summed E-state index contributed by atoms with van der Waals surface area (Å²) in [5.74, 6) is -1.50. The van der Waals surface area contributed by atoms with Gasteiger partial charge in [0.25, 0.3) is 12.3 Å². The largest absolute Gasteiger partial charge is 0.417 e. The highest BCUT2D eigenvalue weighted by Gasteiger charge is 2.41. The number of nitrogens with two attached hydrogens (primary N) is 2. The van der Waals surface area contributed by atoms with Crippen LogP contribution in [0.25, 0.3) is 0 Å². The summed E-state index contributed by atoms with van der Waals surface area (Å²) in [5.41, 5.74) is 5.13. The predicted molar refractivity (Wildman–Crippen MR) is 50.6 cm³/mol. The van der Waals surface area contributed by atoms with Crippen LogP contribution in [0.4, 0.5) is 22.0 Å². The minimum atomic E-state index is -5.15. The fraction of sp³-hybridized carbons (Fsp3) is 0.333. The molecule has 0 aliphatic carbocycles. The second-order valence-electron chi connectivity index (χ2n) is 3.28. The second-order valence-corrected chi connectivity index (χ2v) is 3.28. The minimum absolute atomic E-state index is 0.349. The van der Waals surface area contributed by atoms with Crippen LogP contribution in [0.3, 0.4) is 0 Å². The van der Waals surface area contributed by atoms with Gasteiger partial charge in [0.05, 0.1) is 16.8 Å². The van der Waals surface area contributed by atoms with Gasteiger partial charge in [-0.05, 0) is 0 Å². The molecule has 1 aromatic heterocycles. The van der Waals surface area contributed by atoms with Gasteiger partial charge in [0.2, 0.25) is 0 Å². The maximum atomic E-state index is 12.7. The topological polar surface area (TPSA) is 82.0 Å². The highest BCUT2D eigenvalue weighted by molar-refractivity contribution is 5.96. The lowest BCUT2D eigenvalue weighted by atomic mass is 10.00. The van der Waals surface area contributed by atoms with Crippen LogP contribution in [0.5, 0.6) is 0 Å². The highest BCUT2D eigenvalue weighted by atomic mass is 19.4.